The molecule has 0 aliphatic rings. The fourth-order valence-electron chi connectivity index (χ4n) is 1.97. The third kappa shape index (κ3) is 6.54. The third-order valence-electron chi connectivity index (χ3n) is 2.92. The Morgan fingerprint density at radius 1 is 1.12 bits per heavy atom. The van der Waals surface area contributed by atoms with Gasteiger partial charge in [0.15, 0.2) is 0 Å². The van der Waals surface area contributed by atoms with Gasteiger partial charge in [0, 0.05) is 11.6 Å². The van der Waals surface area contributed by atoms with Crippen LogP contribution in [-0.4, -0.2) is 17.6 Å². The van der Waals surface area contributed by atoms with Crippen molar-refractivity contribution in [3.63, 3.8) is 0 Å². The van der Waals surface area contributed by atoms with Crippen LogP contribution >= 0.6 is 0 Å². The second kappa shape index (κ2) is 5.74. The standard InChI is InChI=1S/C14H30N2O/c1-9-10(2)11(13(3,4)5)15-12(17)16-14(6,7)8/h10-11H,9H2,1-8H3,(H2,15,16,17). The molecule has 2 atom stereocenters. The molecule has 0 aromatic carbocycles. The molecule has 102 valence electrons. The van der Waals surface area contributed by atoms with Crippen LogP contribution in [0.1, 0.15) is 61.8 Å². The number of amides is 2. The highest BCUT2D eigenvalue weighted by Gasteiger charge is 2.30. The largest absolute Gasteiger partial charge is 0.335 e. The number of hydrogen-bond donors (Lipinski definition) is 2. The molecule has 2 N–H and O–H groups in total. The van der Waals surface area contributed by atoms with Crippen LogP contribution in [0.3, 0.4) is 0 Å². The van der Waals surface area contributed by atoms with E-state index in [-0.39, 0.29) is 23.0 Å². The van der Waals surface area contributed by atoms with Crippen LogP contribution < -0.4 is 10.6 Å². The van der Waals surface area contributed by atoms with Crippen molar-refractivity contribution >= 4 is 6.03 Å². The summed E-state index contributed by atoms with van der Waals surface area (Å²) in [7, 11) is 0. The maximum atomic E-state index is 11.9. The van der Waals surface area contributed by atoms with Gasteiger partial charge in [-0.05, 0) is 32.1 Å². The zero-order chi connectivity index (χ0) is 13.9. The van der Waals surface area contributed by atoms with E-state index in [4.69, 9.17) is 0 Å². The summed E-state index contributed by atoms with van der Waals surface area (Å²) in [6.45, 7) is 16.8. The Hall–Kier alpha value is -0.730. The second-order valence-electron chi connectivity index (χ2n) is 7.08. The maximum Gasteiger partial charge on any atom is 0.315 e. The van der Waals surface area contributed by atoms with Crippen molar-refractivity contribution in [2.24, 2.45) is 11.3 Å². The van der Waals surface area contributed by atoms with Crippen molar-refractivity contribution in [1.82, 2.24) is 10.6 Å². The highest BCUT2D eigenvalue weighted by atomic mass is 16.2. The Labute approximate surface area is 107 Å². The Balaban J connectivity index is 4.61. The minimum absolute atomic E-state index is 0.0716. The van der Waals surface area contributed by atoms with Crippen LogP contribution in [-0.2, 0) is 0 Å². The molecule has 2 unspecified atom stereocenters. The normalized spacial score (nSPS) is 16.2. The summed E-state index contributed by atoms with van der Waals surface area (Å²) in [5, 5.41) is 6.06. The van der Waals surface area contributed by atoms with Crippen molar-refractivity contribution in [2.75, 3.05) is 0 Å². The van der Waals surface area contributed by atoms with Gasteiger partial charge in [0.05, 0.1) is 0 Å². The van der Waals surface area contributed by atoms with Gasteiger partial charge >= 0.3 is 6.03 Å². The molecule has 0 aliphatic carbocycles. The van der Waals surface area contributed by atoms with E-state index in [0.29, 0.717) is 5.92 Å². The summed E-state index contributed by atoms with van der Waals surface area (Å²) in [6, 6.07) is 0.118. The fraction of sp³-hybridized carbons (Fsp3) is 0.929. The highest BCUT2D eigenvalue weighted by Crippen LogP contribution is 2.26. The summed E-state index contributed by atoms with van der Waals surface area (Å²) in [4.78, 5) is 11.9. The first-order chi connectivity index (χ1) is 7.47. The van der Waals surface area contributed by atoms with Crippen LogP contribution in [0.2, 0.25) is 0 Å². The molecule has 0 saturated heterocycles. The van der Waals surface area contributed by atoms with E-state index in [1.807, 2.05) is 20.8 Å². The van der Waals surface area contributed by atoms with Gasteiger partial charge < -0.3 is 10.6 Å². The van der Waals surface area contributed by atoms with Crippen LogP contribution in [0.4, 0.5) is 4.79 Å². The van der Waals surface area contributed by atoms with Crippen molar-refractivity contribution in [3.05, 3.63) is 0 Å². The zero-order valence-electron chi connectivity index (χ0n) is 12.8. The average molecular weight is 242 g/mol. The lowest BCUT2D eigenvalue weighted by molar-refractivity contribution is 0.182. The summed E-state index contributed by atoms with van der Waals surface area (Å²) in [5.41, 5.74) is -0.118. The summed E-state index contributed by atoms with van der Waals surface area (Å²) in [6.07, 6.45) is 1.07. The van der Waals surface area contributed by atoms with E-state index in [2.05, 4.69) is 45.3 Å². The van der Waals surface area contributed by atoms with Gasteiger partial charge in [-0.1, -0.05) is 41.0 Å². The van der Waals surface area contributed by atoms with E-state index >= 15 is 0 Å². The number of rotatable bonds is 3. The van der Waals surface area contributed by atoms with E-state index in [1.165, 1.54) is 0 Å². The van der Waals surface area contributed by atoms with Gasteiger partial charge in [0.25, 0.3) is 0 Å². The lowest BCUT2D eigenvalue weighted by Gasteiger charge is -2.36. The van der Waals surface area contributed by atoms with Gasteiger partial charge in [-0.15, -0.1) is 0 Å². The molecule has 0 aromatic rings. The molecular formula is C14H30N2O. The first-order valence-electron chi connectivity index (χ1n) is 6.56. The molecule has 0 aromatic heterocycles. The number of nitrogens with one attached hydrogen (secondary N) is 2. The highest BCUT2D eigenvalue weighted by molar-refractivity contribution is 5.75. The topological polar surface area (TPSA) is 41.1 Å². The van der Waals surface area contributed by atoms with Gasteiger partial charge in [-0.3, -0.25) is 0 Å². The van der Waals surface area contributed by atoms with Gasteiger partial charge in [0.1, 0.15) is 0 Å². The SMILES string of the molecule is CCC(C)C(NC(=O)NC(C)(C)C)C(C)(C)C. The number of carbonyl (C=O) groups excluding carboxylic acids is 1. The Morgan fingerprint density at radius 3 is 1.88 bits per heavy atom. The molecule has 0 aliphatic heterocycles. The molecule has 2 amide bonds. The summed E-state index contributed by atoms with van der Waals surface area (Å²) in [5.74, 6) is 0.473. The second-order valence-corrected chi connectivity index (χ2v) is 7.08. The third-order valence-corrected chi connectivity index (χ3v) is 2.92. The van der Waals surface area contributed by atoms with Crippen molar-refractivity contribution in [2.45, 2.75) is 73.4 Å². The average Bonchev–Trinajstić information content (AvgIpc) is 2.08. The van der Waals surface area contributed by atoms with Crippen molar-refractivity contribution in [3.8, 4) is 0 Å². The van der Waals surface area contributed by atoms with Gasteiger partial charge in [-0.2, -0.15) is 0 Å². The smallest absolute Gasteiger partial charge is 0.315 e. The summed E-state index contributed by atoms with van der Waals surface area (Å²) >= 11 is 0. The van der Waals surface area contributed by atoms with E-state index in [1.54, 1.807) is 0 Å². The van der Waals surface area contributed by atoms with Crippen LogP contribution in [0.5, 0.6) is 0 Å². The zero-order valence-corrected chi connectivity index (χ0v) is 12.8. The molecule has 0 fully saturated rings. The van der Waals surface area contributed by atoms with E-state index in [9.17, 15) is 4.79 Å². The predicted molar refractivity (Wildman–Crippen MR) is 74.1 cm³/mol. The molecular weight excluding hydrogens is 212 g/mol. The number of carbonyl (C=O) groups is 1. The predicted octanol–water partition coefficient (Wildman–Crippen LogP) is 3.54. The van der Waals surface area contributed by atoms with Crippen LogP contribution in [0.25, 0.3) is 0 Å². The minimum atomic E-state index is -0.192. The van der Waals surface area contributed by atoms with Crippen molar-refractivity contribution in [1.29, 1.82) is 0 Å². The molecule has 0 bridgehead atoms. The Kier molecular flexibility index (Phi) is 5.50. The first kappa shape index (κ1) is 16.3. The fourth-order valence-corrected chi connectivity index (χ4v) is 1.97. The monoisotopic (exact) mass is 242 g/mol. The quantitative estimate of drug-likeness (QED) is 0.781. The molecule has 3 nitrogen and oxygen atoms in total. The Morgan fingerprint density at radius 2 is 1.59 bits per heavy atom. The molecule has 0 rings (SSSR count). The number of urea groups is 1. The van der Waals surface area contributed by atoms with E-state index in [0.717, 1.165) is 6.42 Å². The maximum absolute atomic E-state index is 11.9. The van der Waals surface area contributed by atoms with Crippen LogP contribution in [0.15, 0.2) is 0 Å². The number of hydrogen-bond acceptors (Lipinski definition) is 1. The lowest BCUT2D eigenvalue weighted by atomic mass is 9.78. The van der Waals surface area contributed by atoms with E-state index < -0.39 is 0 Å². The van der Waals surface area contributed by atoms with Crippen LogP contribution in [0, 0.1) is 11.3 Å². The van der Waals surface area contributed by atoms with Gasteiger partial charge in [-0.25, -0.2) is 4.79 Å². The molecule has 0 spiro atoms. The van der Waals surface area contributed by atoms with Crippen molar-refractivity contribution < 1.29 is 4.79 Å². The molecule has 0 saturated carbocycles. The molecule has 3 heteroatoms. The molecule has 0 radical (unpaired) electrons. The van der Waals surface area contributed by atoms with Gasteiger partial charge in [0.2, 0.25) is 0 Å². The first-order valence-corrected chi connectivity index (χ1v) is 6.56. The minimum Gasteiger partial charge on any atom is -0.335 e. The summed E-state index contributed by atoms with van der Waals surface area (Å²) < 4.78 is 0. The molecule has 17 heavy (non-hydrogen) atoms. The Bertz CT molecular complexity index is 248. The molecule has 0 heterocycles. The lowest BCUT2D eigenvalue weighted by Crippen LogP contribution is -2.54.